The third kappa shape index (κ3) is 3.12. The zero-order chi connectivity index (χ0) is 14.0. The van der Waals surface area contributed by atoms with Crippen LogP contribution in [-0.2, 0) is 4.74 Å². The molecule has 104 valence electrons. The summed E-state index contributed by atoms with van der Waals surface area (Å²) in [6, 6.07) is 6.45. The van der Waals surface area contributed by atoms with E-state index in [2.05, 4.69) is 38.5 Å². The van der Waals surface area contributed by atoms with Gasteiger partial charge in [-0.3, -0.25) is 0 Å². The molecular weight excluding hydrogens is 328 g/mol. The molecule has 0 saturated heterocycles. The van der Waals surface area contributed by atoms with Crippen molar-refractivity contribution >= 4 is 38.6 Å². The minimum absolute atomic E-state index is 0.115. The van der Waals surface area contributed by atoms with E-state index >= 15 is 0 Å². The SMILES string of the molecule is COCCC(C)n1c(C(C)Cl)nc2cc(Br)ccc21. The molecule has 0 aliphatic carbocycles. The van der Waals surface area contributed by atoms with Gasteiger partial charge in [-0.05, 0) is 38.5 Å². The smallest absolute Gasteiger partial charge is 0.127 e. The summed E-state index contributed by atoms with van der Waals surface area (Å²) in [7, 11) is 1.72. The summed E-state index contributed by atoms with van der Waals surface area (Å²) in [5, 5.41) is -0.115. The van der Waals surface area contributed by atoms with E-state index in [9.17, 15) is 0 Å². The summed E-state index contributed by atoms with van der Waals surface area (Å²) in [4.78, 5) is 4.66. The minimum atomic E-state index is -0.115. The Hall–Kier alpha value is -0.580. The average molecular weight is 346 g/mol. The summed E-state index contributed by atoms with van der Waals surface area (Å²) in [5.41, 5.74) is 2.09. The van der Waals surface area contributed by atoms with Gasteiger partial charge in [-0.1, -0.05) is 15.9 Å². The van der Waals surface area contributed by atoms with Gasteiger partial charge < -0.3 is 9.30 Å². The lowest BCUT2D eigenvalue weighted by molar-refractivity contribution is 0.181. The number of benzene rings is 1. The molecule has 2 aromatic rings. The van der Waals surface area contributed by atoms with Crippen LogP contribution in [0.5, 0.6) is 0 Å². The predicted octanol–water partition coefficient (Wildman–Crippen LogP) is 4.70. The van der Waals surface area contributed by atoms with Gasteiger partial charge in [0.05, 0.1) is 16.4 Å². The first-order chi connectivity index (χ1) is 9.04. The van der Waals surface area contributed by atoms with Gasteiger partial charge in [0.1, 0.15) is 5.82 Å². The van der Waals surface area contributed by atoms with Crippen LogP contribution in [0.1, 0.15) is 37.5 Å². The van der Waals surface area contributed by atoms with Crippen LogP contribution in [0.3, 0.4) is 0 Å². The molecule has 0 aliphatic rings. The molecule has 3 nitrogen and oxygen atoms in total. The number of alkyl halides is 1. The van der Waals surface area contributed by atoms with Gasteiger partial charge in [0.25, 0.3) is 0 Å². The lowest BCUT2D eigenvalue weighted by Gasteiger charge is -2.18. The van der Waals surface area contributed by atoms with Gasteiger partial charge in [-0.15, -0.1) is 11.6 Å². The lowest BCUT2D eigenvalue weighted by Crippen LogP contribution is -2.11. The Morgan fingerprint density at radius 1 is 1.42 bits per heavy atom. The van der Waals surface area contributed by atoms with Gasteiger partial charge in [0.2, 0.25) is 0 Å². The fourth-order valence-electron chi connectivity index (χ4n) is 2.25. The molecule has 5 heteroatoms. The number of fused-ring (bicyclic) bond motifs is 1. The number of halogens is 2. The Labute approximate surface area is 127 Å². The Kier molecular flexibility index (Phi) is 4.87. The zero-order valence-corrected chi connectivity index (χ0v) is 13.7. The van der Waals surface area contributed by atoms with Crippen LogP contribution in [0.25, 0.3) is 11.0 Å². The Morgan fingerprint density at radius 2 is 2.16 bits per heavy atom. The summed E-state index contributed by atoms with van der Waals surface area (Å²) >= 11 is 9.75. The first-order valence-electron chi connectivity index (χ1n) is 6.35. The first kappa shape index (κ1) is 14.8. The maximum Gasteiger partial charge on any atom is 0.127 e. The summed E-state index contributed by atoms with van der Waals surface area (Å²) in [5.74, 6) is 0.915. The molecule has 0 radical (unpaired) electrons. The van der Waals surface area contributed by atoms with Crippen LogP contribution in [0, 0.1) is 0 Å². The van der Waals surface area contributed by atoms with E-state index in [4.69, 9.17) is 16.3 Å². The molecular formula is C14H18BrClN2O. The summed E-state index contributed by atoms with van der Waals surface area (Å²) < 4.78 is 8.42. The Balaban J connectivity index is 2.51. The highest BCUT2D eigenvalue weighted by Gasteiger charge is 2.18. The Morgan fingerprint density at radius 3 is 2.79 bits per heavy atom. The quantitative estimate of drug-likeness (QED) is 0.735. The number of imidazole rings is 1. The molecule has 1 aromatic heterocycles. The van der Waals surface area contributed by atoms with Gasteiger partial charge in [-0.25, -0.2) is 4.98 Å². The highest BCUT2D eigenvalue weighted by Crippen LogP contribution is 2.30. The lowest BCUT2D eigenvalue weighted by atomic mass is 10.2. The van der Waals surface area contributed by atoms with Crippen molar-refractivity contribution in [2.45, 2.75) is 31.7 Å². The molecule has 1 aromatic carbocycles. The zero-order valence-electron chi connectivity index (χ0n) is 11.4. The van der Waals surface area contributed by atoms with Crippen LogP contribution < -0.4 is 0 Å². The van der Waals surface area contributed by atoms with Gasteiger partial charge >= 0.3 is 0 Å². The molecule has 0 bridgehead atoms. The van der Waals surface area contributed by atoms with E-state index in [1.165, 1.54) is 0 Å². The van der Waals surface area contributed by atoms with Gasteiger partial charge in [-0.2, -0.15) is 0 Å². The van der Waals surface area contributed by atoms with Gasteiger partial charge in [0.15, 0.2) is 0 Å². The fourth-order valence-corrected chi connectivity index (χ4v) is 2.75. The number of methoxy groups -OCH3 is 1. The molecule has 2 unspecified atom stereocenters. The second-order valence-corrected chi connectivity index (χ2v) is 6.29. The molecule has 2 rings (SSSR count). The molecule has 19 heavy (non-hydrogen) atoms. The molecule has 0 aliphatic heterocycles. The van der Waals surface area contributed by atoms with Crippen LogP contribution in [0.4, 0.5) is 0 Å². The first-order valence-corrected chi connectivity index (χ1v) is 7.58. The van der Waals surface area contributed by atoms with Crippen molar-refractivity contribution in [2.75, 3.05) is 13.7 Å². The van der Waals surface area contributed by atoms with E-state index in [1.807, 2.05) is 19.1 Å². The minimum Gasteiger partial charge on any atom is -0.385 e. The van der Waals surface area contributed by atoms with Crippen molar-refractivity contribution < 1.29 is 4.74 Å². The molecule has 1 heterocycles. The Bertz CT molecular complexity index is 568. The van der Waals surface area contributed by atoms with Crippen molar-refractivity contribution in [1.82, 2.24) is 9.55 Å². The number of ether oxygens (including phenoxy) is 1. The molecule has 2 atom stereocenters. The van der Waals surface area contributed by atoms with E-state index in [1.54, 1.807) is 7.11 Å². The van der Waals surface area contributed by atoms with Crippen molar-refractivity contribution in [2.24, 2.45) is 0 Å². The largest absolute Gasteiger partial charge is 0.385 e. The number of hydrogen-bond donors (Lipinski definition) is 0. The monoisotopic (exact) mass is 344 g/mol. The highest BCUT2D eigenvalue weighted by atomic mass is 79.9. The van der Waals surface area contributed by atoms with Crippen molar-refractivity contribution in [1.29, 1.82) is 0 Å². The third-order valence-corrected chi connectivity index (χ3v) is 3.90. The maximum absolute atomic E-state index is 6.27. The molecule has 0 amide bonds. The predicted molar refractivity (Wildman–Crippen MR) is 82.9 cm³/mol. The third-order valence-electron chi connectivity index (χ3n) is 3.22. The van der Waals surface area contributed by atoms with Crippen molar-refractivity contribution in [3.05, 3.63) is 28.5 Å². The number of aromatic nitrogens is 2. The van der Waals surface area contributed by atoms with E-state index in [0.29, 0.717) is 6.04 Å². The molecule has 0 spiro atoms. The summed E-state index contributed by atoms with van der Waals surface area (Å²) in [6.07, 6.45) is 0.939. The maximum atomic E-state index is 6.27. The number of hydrogen-bond acceptors (Lipinski definition) is 2. The van der Waals surface area contributed by atoms with Crippen molar-refractivity contribution in [3.63, 3.8) is 0 Å². The normalized spacial score (nSPS) is 14.8. The molecule has 0 N–H and O–H groups in total. The van der Waals surface area contributed by atoms with E-state index in [0.717, 1.165) is 34.4 Å². The standard InChI is InChI=1S/C14H18BrClN2O/c1-9(6-7-19-3)18-13-5-4-11(15)8-12(13)17-14(18)10(2)16/h4-5,8-10H,6-7H2,1-3H3. The van der Waals surface area contributed by atoms with E-state index < -0.39 is 0 Å². The topological polar surface area (TPSA) is 27.1 Å². The average Bonchev–Trinajstić information content (AvgIpc) is 2.74. The number of rotatable bonds is 5. The second-order valence-electron chi connectivity index (χ2n) is 4.72. The van der Waals surface area contributed by atoms with Crippen LogP contribution in [0.15, 0.2) is 22.7 Å². The van der Waals surface area contributed by atoms with E-state index in [-0.39, 0.29) is 5.38 Å². The summed E-state index contributed by atoms with van der Waals surface area (Å²) in [6.45, 7) is 4.86. The second kappa shape index (κ2) is 6.25. The highest BCUT2D eigenvalue weighted by molar-refractivity contribution is 9.10. The van der Waals surface area contributed by atoms with Crippen LogP contribution >= 0.6 is 27.5 Å². The van der Waals surface area contributed by atoms with Crippen LogP contribution in [0.2, 0.25) is 0 Å². The molecule has 0 saturated carbocycles. The van der Waals surface area contributed by atoms with Crippen molar-refractivity contribution in [3.8, 4) is 0 Å². The van der Waals surface area contributed by atoms with Gasteiger partial charge in [0, 0.05) is 24.2 Å². The fraction of sp³-hybridized carbons (Fsp3) is 0.500. The number of nitrogens with zero attached hydrogens (tertiary/aromatic N) is 2. The van der Waals surface area contributed by atoms with Crippen LogP contribution in [-0.4, -0.2) is 23.3 Å². The molecule has 0 fully saturated rings.